The monoisotopic (exact) mass is 319 g/mol. The number of hydrogen-bond acceptors (Lipinski definition) is 5. The van der Waals surface area contributed by atoms with Crippen LogP contribution < -0.4 is 19.5 Å². The van der Waals surface area contributed by atoms with E-state index in [-0.39, 0.29) is 12.3 Å². The molecule has 0 atom stereocenters. The third-order valence-electron chi connectivity index (χ3n) is 3.41. The van der Waals surface area contributed by atoms with Crippen LogP contribution in [-0.4, -0.2) is 33.8 Å². The molecule has 2 aromatic rings. The molecule has 0 saturated carbocycles. The Kier molecular flexibility index (Phi) is 5.91. The van der Waals surface area contributed by atoms with Gasteiger partial charge in [-0.25, -0.2) is 0 Å². The van der Waals surface area contributed by atoms with Crippen molar-refractivity contribution in [3.63, 3.8) is 0 Å². The highest BCUT2D eigenvalue weighted by Crippen LogP contribution is 2.39. The Morgan fingerprint density at radius 1 is 1.09 bits per heavy atom. The predicted octanol–water partition coefficient (Wildman–Crippen LogP) is 2.21. The van der Waals surface area contributed by atoms with Crippen molar-refractivity contribution in [2.45, 2.75) is 12.8 Å². The lowest BCUT2D eigenvalue weighted by Gasteiger charge is -2.15. The van der Waals surface area contributed by atoms with Crippen LogP contribution in [0.5, 0.6) is 17.2 Å². The molecule has 23 heavy (non-hydrogen) atoms. The molecule has 0 radical (unpaired) electrons. The zero-order chi connectivity index (χ0) is 16.7. The molecule has 0 aliphatic carbocycles. The number of carbonyl (C=O) groups is 1. The van der Waals surface area contributed by atoms with Gasteiger partial charge in [0.25, 0.3) is 0 Å². The van der Waals surface area contributed by atoms with Crippen LogP contribution in [-0.2, 0) is 17.6 Å². The molecule has 0 saturated heterocycles. The smallest absolute Gasteiger partial charge is 0.224 e. The van der Waals surface area contributed by atoms with Crippen LogP contribution in [0.1, 0.15) is 11.3 Å². The van der Waals surface area contributed by atoms with E-state index in [2.05, 4.69) is 5.32 Å². The van der Waals surface area contributed by atoms with E-state index in [1.807, 2.05) is 12.1 Å². The molecule has 124 valence electrons. The minimum Gasteiger partial charge on any atom is -0.493 e. The molecule has 1 aromatic heterocycles. The van der Waals surface area contributed by atoms with E-state index >= 15 is 0 Å². The maximum atomic E-state index is 12.1. The van der Waals surface area contributed by atoms with E-state index in [0.29, 0.717) is 30.2 Å². The molecule has 1 amide bonds. The molecule has 0 aliphatic rings. The third-order valence-corrected chi connectivity index (χ3v) is 3.41. The molecule has 0 aliphatic heterocycles. The Morgan fingerprint density at radius 2 is 1.87 bits per heavy atom. The van der Waals surface area contributed by atoms with Gasteiger partial charge in [-0.1, -0.05) is 6.07 Å². The zero-order valence-corrected chi connectivity index (χ0v) is 13.5. The first kappa shape index (κ1) is 16.7. The average molecular weight is 319 g/mol. The summed E-state index contributed by atoms with van der Waals surface area (Å²) in [4.78, 5) is 12.1. The quantitative estimate of drug-likeness (QED) is 0.808. The van der Waals surface area contributed by atoms with Crippen LogP contribution >= 0.6 is 0 Å². The summed E-state index contributed by atoms with van der Waals surface area (Å²) >= 11 is 0. The van der Waals surface area contributed by atoms with Crippen LogP contribution in [0.2, 0.25) is 0 Å². The SMILES string of the molecule is COc1ccc(CC(=O)NCCc2ccco2)c(OC)c1OC. The number of rotatable bonds is 8. The highest BCUT2D eigenvalue weighted by Gasteiger charge is 2.17. The number of furan rings is 1. The molecule has 1 heterocycles. The Balaban J connectivity index is 1.99. The summed E-state index contributed by atoms with van der Waals surface area (Å²) in [5.41, 5.74) is 0.737. The molecule has 2 rings (SSSR count). The van der Waals surface area contributed by atoms with Crippen LogP contribution in [0, 0.1) is 0 Å². The number of nitrogens with one attached hydrogen (secondary N) is 1. The van der Waals surface area contributed by atoms with Crippen molar-refractivity contribution in [2.24, 2.45) is 0 Å². The topological polar surface area (TPSA) is 69.9 Å². The number of hydrogen-bond donors (Lipinski definition) is 1. The first-order valence-corrected chi connectivity index (χ1v) is 7.26. The van der Waals surface area contributed by atoms with Gasteiger partial charge in [0.2, 0.25) is 11.7 Å². The van der Waals surface area contributed by atoms with Crippen LogP contribution in [0.25, 0.3) is 0 Å². The Hall–Kier alpha value is -2.63. The first-order valence-electron chi connectivity index (χ1n) is 7.26. The molecule has 0 spiro atoms. The van der Waals surface area contributed by atoms with Crippen LogP contribution in [0.15, 0.2) is 34.9 Å². The fourth-order valence-corrected chi connectivity index (χ4v) is 2.32. The van der Waals surface area contributed by atoms with E-state index in [9.17, 15) is 4.79 Å². The van der Waals surface area contributed by atoms with Crippen molar-refractivity contribution < 1.29 is 23.4 Å². The van der Waals surface area contributed by atoms with E-state index in [4.69, 9.17) is 18.6 Å². The maximum absolute atomic E-state index is 12.1. The van der Waals surface area contributed by atoms with Crippen molar-refractivity contribution in [2.75, 3.05) is 27.9 Å². The fraction of sp³-hybridized carbons (Fsp3) is 0.353. The van der Waals surface area contributed by atoms with Crippen LogP contribution in [0.3, 0.4) is 0 Å². The van der Waals surface area contributed by atoms with Crippen molar-refractivity contribution in [1.29, 1.82) is 0 Å². The molecule has 0 fully saturated rings. The summed E-state index contributed by atoms with van der Waals surface area (Å²) in [6.07, 6.45) is 2.47. The number of ether oxygens (including phenoxy) is 3. The summed E-state index contributed by atoms with van der Waals surface area (Å²) < 4.78 is 21.1. The minimum atomic E-state index is -0.0953. The third kappa shape index (κ3) is 4.18. The van der Waals surface area contributed by atoms with E-state index in [1.54, 1.807) is 25.5 Å². The van der Waals surface area contributed by atoms with Gasteiger partial charge in [-0.2, -0.15) is 0 Å². The molecular formula is C17H21NO5. The van der Waals surface area contributed by atoms with Crippen LogP contribution in [0.4, 0.5) is 0 Å². The lowest BCUT2D eigenvalue weighted by atomic mass is 10.1. The van der Waals surface area contributed by atoms with Gasteiger partial charge in [0.15, 0.2) is 11.5 Å². The fourth-order valence-electron chi connectivity index (χ4n) is 2.32. The standard InChI is InChI=1S/C17H21NO5/c1-20-14-7-6-12(16(21-2)17(14)22-3)11-15(19)18-9-8-13-5-4-10-23-13/h4-7,10H,8-9,11H2,1-3H3,(H,18,19). The highest BCUT2D eigenvalue weighted by molar-refractivity contribution is 5.80. The number of benzene rings is 1. The lowest BCUT2D eigenvalue weighted by molar-refractivity contribution is -0.120. The molecule has 6 nitrogen and oxygen atoms in total. The summed E-state index contributed by atoms with van der Waals surface area (Å²) in [5, 5.41) is 2.86. The molecule has 0 unspecified atom stereocenters. The minimum absolute atomic E-state index is 0.0953. The van der Waals surface area contributed by atoms with Gasteiger partial charge in [0, 0.05) is 18.5 Å². The van der Waals surface area contributed by atoms with Gasteiger partial charge in [-0.05, 0) is 18.2 Å². The van der Waals surface area contributed by atoms with Crippen molar-refractivity contribution in [3.8, 4) is 17.2 Å². The largest absolute Gasteiger partial charge is 0.493 e. The zero-order valence-electron chi connectivity index (χ0n) is 13.5. The second-order valence-electron chi connectivity index (χ2n) is 4.85. The lowest BCUT2D eigenvalue weighted by Crippen LogP contribution is -2.27. The van der Waals surface area contributed by atoms with Crippen molar-refractivity contribution >= 4 is 5.91 Å². The molecule has 0 bridgehead atoms. The summed E-state index contributed by atoms with van der Waals surface area (Å²) in [5.74, 6) is 2.30. The first-order chi connectivity index (χ1) is 11.2. The number of methoxy groups -OCH3 is 3. The van der Waals surface area contributed by atoms with Gasteiger partial charge >= 0.3 is 0 Å². The maximum Gasteiger partial charge on any atom is 0.224 e. The highest BCUT2D eigenvalue weighted by atomic mass is 16.5. The molecule has 1 N–H and O–H groups in total. The number of amides is 1. The molecule has 6 heteroatoms. The van der Waals surface area contributed by atoms with Gasteiger partial charge in [0.1, 0.15) is 5.76 Å². The predicted molar refractivity (Wildman–Crippen MR) is 85.2 cm³/mol. The van der Waals surface area contributed by atoms with E-state index in [1.165, 1.54) is 14.2 Å². The second kappa shape index (κ2) is 8.12. The summed E-state index contributed by atoms with van der Waals surface area (Å²) in [6.45, 7) is 0.516. The van der Waals surface area contributed by atoms with Gasteiger partial charge in [-0.3, -0.25) is 4.79 Å². The normalized spacial score (nSPS) is 10.2. The average Bonchev–Trinajstić information content (AvgIpc) is 3.07. The van der Waals surface area contributed by atoms with Gasteiger partial charge in [-0.15, -0.1) is 0 Å². The van der Waals surface area contributed by atoms with E-state index in [0.717, 1.165) is 11.3 Å². The van der Waals surface area contributed by atoms with Gasteiger partial charge < -0.3 is 23.9 Å². The van der Waals surface area contributed by atoms with Crippen molar-refractivity contribution in [1.82, 2.24) is 5.32 Å². The second-order valence-corrected chi connectivity index (χ2v) is 4.85. The van der Waals surface area contributed by atoms with E-state index < -0.39 is 0 Å². The summed E-state index contributed by atoms with van der Waals surface area (Å²) in [7, 11) is 4.63. The Morgan fingerprint density at radius 3 is 2.48 bits per heavy atom. The molecule has 1 aromatic carbocycles. The molecular weight excluding hydrogens is 298 g/mol. The Bertz CT molecular complexity index is 637. The Labute approximate surface area is 135 Å². The van der Waals surface area contributed by atoms with Crippen molar-refractivity contribution in [3.05, 3.63) is 41.9 Å². The number of carbonyl (C=O) groups excluding carboxylic acids is 1. The summed E-state index contributed by atoms with van der Waals surface area (Å²) in [6, 6.07) is 7.26. The van der Waals surface area contributed by atoms with Gasteiger partial charge in [0.05, 0.1) is 34.0 Å².